The molecule has 0 radical (unpaired) electrons. The molecule has 0 aliphatic carbocycles. The molecule has 0 amide bonds. The number of carboxylic acid groups (broad SMARTS) is 1. The third-order valence-electron chi connectivity index (χ3n) is 1.08. The Morgan fingerprint density at radius 1 is 1.80 bits per heavy atom. The van der Waals surface area contributed by atoms with Crippen LogP contribution in [-0.4, -0.2) is 15.0 Å². The topological polar surface area (TPSA) is 37.3 Å². The smallest absolute Gasteiger partial charge is 1.00 e. The van der Waals surface area contributed by atoms with Crippen LogP contribution < -0.4 is 29.6 Å². The van der Waals surface area contributed by atoms with E-state index < -0.39 is 5.97 Å². The number of carbonyl (C=O) groups is 1. The average Bonchev–Trinajstić information content (AvgIpc) is 1.82. The van der Waals surface area contributed by atoms with E-state index in [9.17, 15) is 4.79 Å². The molecule has 4 heteroatoms. The Morgan fingerprint density at radius 3 is 2.60 bits per heavy atom. The van der Waals surface area contributed by atoms with E-state index in [0.29, 0.717) is 0 Å². The molecule has 0 rings (SSSR count). The van der Waals surface area contributed by atoms with Crippen molar-refractivity contribution in [2.75, 3.05) is 0 Å². The van der Waals surface area contributed by atoms with Gasteiger partial charge in [-0.3, -0.25) is 4.79 Å². The van der Waals surface area contributed by atoms with Gasteiger partial charge in [0.05, 0.1) is 0 Å². The van der Waals surface area contributed by atoms with Gasteiger partial charge in [-0.15, -0.1) is 0 Å². The van der Waals surface area contributed by atoms with Crippen molar-refractivity contribution in [3.05, 3.63) is 0 Å². The molecule has 0 saturated heterocycles. The number of aliphatic carboxylic acids is 1. The Hall–Kier alpha value is 1.20. The van der Waals surface area contributed by atoms with Gasteiger partial charge in [-0.25, -0.2) is 0 Å². The molecule has 56 valence electrons. The molecular weight excluding hydrogens is 254 g/mol. The van der Waals surface area contributed by atoms with Crippen LogP contribution in [0.1, 0.15) is 27.6 Å². The van der Waals surface area contributed by atoms with E-state index in [-0.39, 0.29) is 34.9 Å². The van der Waals surface area contributed by atoms with E-state index in [1.54, 1.807) is 0 Å². The second-order valence-electron chi connectivity index (χ2n) is 1.95. The quantitative estimate of drug-likeness (QED) is 0.410. The van der Waals surface area contributed by atoms with Gasteiger partial charge >= 0.3 is 35.5 Å². The molecule has 0 fully saturated rings. The van der Waals surface area contributed by atoms with Gasteiger partial charge in [-0.05, 0) is 6.42 Å². The first-order valence-corrected chi connectivity index (χ1v) is 4.30. The predicted molar refractivity (Wildman–Crippen MR) is 46.1 cm³/mol. The van der Waals surface area contributed by atoms with E-state index >= 15 is 0 Å². The summed E-state index contributed by atoms with van der Waals surface area (Å²) in [4.78, 5) is 10.2. The summed E-state index contributed by atoms with van der Waals surface area (Å²) >= 11 is 1.96. The standard InChI is InChI=1S/C6H11IO2.Na.H/c1-2-3-4-5(7)6(8)9;;/h5H,2-4H2,1H3,(H,8,9);;/q;+1;-1. The molecule has 10 heavy (non-hydrogen) atoms. The van der Waals surface area contributed by atoms with Crippen LogP contribution in [0, 0.1) is 0 Å². The maximum Gasteiger partial charge on any atom is 1.00 e. The number of unbranched alkanes of at least 4 members (excludes halogenated alkanes) is 1. The minimum Gasteiger partial charge on any atom is -1.00 e. The summed E-state index contributed by atoms with van der Waals surface area (Å²) in [6.45, 7) is 2.06. The largest absolute Gasteiger partial charge is 1.00 e. The van der Waals surface area contributed by atoms with Gasteiger partial charge in [0, 0.05) is 0 Å². The SMILES string of the molecule is CCCCC(I)C(=O)O.[H-].[Na+]. The second-order valence-corrected chi connectivity index (χ2v) is 3.45. The molecular formula is C6H12INaO2. The number of hydrogen-bond acceptors (Lipinski definition) is 1. The summed E-state index contributed by atoms with van der Waals surface area (Å²) in [5.74, 6) is -0.691. The Balaban J connectivity index is -0.000000320. The van der Waals surface area contributed by atoms with Crippen LogP contribution in [0.25, 0.3) is 0 Å². The van der Waals surface area contributed by atoms with Gasteiger partial charge in [0.1, 0.15) is 3.92 Å². The fourth-order valence-corrected chi connectivity index (χ4v) is 0.947. The maximum absolute atomic E-state index is 10.2. The molecule has 0 spiro atoms. The number of carboxylic acids is 1. The molecule has 1 unspecified atom stereocenters. The van der Waals surface area contributed by atoms with Crippen molar-refractivity contribution >= 4 is 28.6 Å². The van der Waals surface area contributed by atoms with Gasteiger partial charge < -0.3 is 6.53 Å². The van der Waals surface area contributed by atoms with Gasteiger partial charge in [0.15, 0.2) is 0 Å². The molecule has 0 aliphatic rings. The Labute approximate surface area is 98.7 Å². The van der Waals surface area contributed by atoms with Gasteiger partial charge in [-0.2, -0.15) is 0 Å². The van der Waals surface area contributed by atoms with Crippen LogP contribution in [0.15, 0.2) is 0 Å². The van der Waals surface area contributed by atoms with E-state index in [4.69, 9.17) is 5.11 Å². The zero-order valence-electron chi connectivity index (χ0n) is 7.43. The van der Waals surface area contributed by atoms with E-state index in [0.717, 1.165) is 19.3 Å². The maximum atomic E-state index is 10.2. The summed E-state index contributed by atoms with van der Waals surface area (Å²) in [5, 5.41) is 8.40. The van der Waals surface area contributed by atoms with Gasteiger partial charge in [0.25, 0.3) is 0 Å². The molecule has 0 aromatic carbocycles. The summed E-state index contributed by atoms with van der Waals surface area (Å²) < 4.78 is -0.192. The molecule has 1 N–H and O–H groups in total. The molecule has 0 saturated carbocycles. The van der Waals surface area contributed by atoms with Crippen molar-refractivity contribution in [1.29, 1.82) is 0 Å². The monoisotopic (exact) mass is 266 g/mol. The Bertz CT molecular complexity index is 103. The average molecular weight is 266 g/mol. The molecule has 0 heterocycles. The van der Waals surface area contributed by atoms with Crippen molar-refractivity contribution in [3.63, 3.8) is 0 Å². The van der Waals surface area contributed by atoms with E-state index in [1.165, 1.54) is 0 Å². The minimum atomic E-state index is -0.691. The van der Waals surface area contributed by atoms with Gasteiger partial charge in [0.2, 0.25) is 0 Å². The molecule has 1 atom stereocenters. The van der Waals surface area contributed by atoms with Crippen LogP contribution in [0.3, 0.4) is 0 Å². The van der Waals surface area contributed by atoms with Crippen molar-refractivity contribution in [2.45, 2.75) is 30.1 Å². The first kappa shape index (κ1) is 13.8. The summed E-state index contributed by atoms with van der Waals surface area (Å²) in [7, 11) is 0. The van der Waals surface area contributed by atoms with Crippen molar-refractivity contribution in [1.82, 2.24) is 0 Å². The van der Waals surface area contributed by atoms with Crippen LogP contribution in [0.4, 0.5) is 0 Å². The van der Waals surface area contributed by atoms with E-state index in [2.05, 4.69) is 6.92 Å². The van der Waals surface area contributed by atoms with Crippen LogP contribution in [-0.2, 0) is 4.79 Å². The summed E-state index contributed by atoms with van der Waals surface area (Å²) in [6.07, 6.45) is 2.89. The van der Waals surface area contributed by atoms with Crippen molar-refractivity contribution in [3.8, 4) is 0 Å². The third kappa shape index (κ3) is 7.31. The van der Waals surface area contributed by atoms with Crippen LogP contribution in [0.5, 0.6) is 0 Å². The number of alkyl halides is 1. The fraction of sp³-hybridized carbons (Fsp3) is 0.833. The number of rotatable bonds is 4. The molecule has 0 aliphatic heterocycles. The third-order valence-corrected chi connectivity index (χ3v) is 2.23. The molecule has 2 nitrogen and oxygen atoms in total. The molecule has 0 aromatic rings. The first-order chi connectivity index (χ1) is 4.18. The fourth-order valence-electron chi connectivity index (χ4n) is 0.507. The Morgan fingerprint density at radius 2 is 2.30 bits per heavy atom. The number of hydrogen-bond donors (Lipinski definition) is 1. The van der Waals surface area contributed by atoms with Crippen molar-refractivity contribution < 1.29 is 40.9 Å². The zero-order chi connectivity index (χ0) is 7.28. The normalized spacial score (nSPS) is 11.8. The van der Waals surface area contributed by atoms with Gasteiger partial charge in [-0.1, -0.05) is 42.4 Å². The number of halogens is 1. The predicted octanol–water partition coefficient (Wildman–Crippen LogP) is -0.819. The van der Waals surface area contributed by atoms with Crippen molar-refractivity contribution in [2.24, 2.45) is 0 Å². The first-order valence-electron chi connectivity index (χ1n) is 3.05. The second kappa shape index (κ2) is 8.30. The molecule has 0 aromatic heterocycles. The van der Waals surface area contributed by atoms with E-state index in [1.807, 2.05) is 22.6 Å². The van der Waals surface area contributed by atoms with Crippen LogP contribution in [0.2, 0.25) is 0 Å². The minimum absolute atomic E-state index is 0. The Kier molecular flexibility index (Phi) is 11.4. The summed E-state index contributed by atoms with van der Waals surface area (Å²) in [5.41, 5.74) is 0. The van der Waals surface area contributed by atoms with Crippen LogP contribution >= 0.6 is 22.6 Å². The zero-order valence-corrected chi connectivity index (χ0v) is 10.6. The summed E-state index contributed by atoms with van der Waals surface area (Å²) in [6, 6.07) is 0. The molecule has 0 bridgehead atoms.